The lowest BCUT2D eigenvalue weighted by atomic mass is 10.2. The molecule has 88 valence electrons. The highest BCUT2D eigenvalue weighted by Gasteiger charge is 2.06. The summed E-state index contributed by atoms with van der Waals surface area (Å²) in [7, 11) is 3.44. The molecule has 0 aliphatic heterocycles. The Morgan fingerprint density at radius 3 is 2.88 bits per heavy atom. The van der Waals surface area contributed by atoms with Crippen LogP contribution in [-0.4, -0.2) is 41.6 Å². The molecule has 0 atom stereocenters. The van der Waals surface area contributed by atoms with Crippen molar-refractivity contribution in [3.8, 4) is 0 Å². The largest absolute Gasteiger partial charge is 0.359 e. The fraction of sp³-hybridized carbons (Fsp3) is 0.250. The number of nitrogens with zero attached hydrogens (tertiary/aromatic N) is 3. The minimum atomic E-state index is -0.000246. The molecule has 2 rings (SSSR count). The van der Waals surface area contributed by atoms with Crippen LogP contribution in [0.1, 0.15) is 0 Å². The van der Waals surface area contributed by atoms with Gasteiger partial charge in [0, 0.05) is 24.9 Å². The smallest absolute Gasteiger partial charge is 0.241 e. The van der Waals surface area contributed by atoms with E-state index in [1.807, 2.05) is 24.3 Å². The molecule has 0 radical (unpaired) electrons. The molecule has 0 saturated carbocycles. The first-order valence-electron chi connectivity index (χ1n) is 5.33. The molecule has 0 aliphatic rings. The third-order valence-corrected chi connectivity index (χ3v) is 2.48. The molecule has 5 heteroatoms. The molecule has 0 fully saturated rings. The van der Waals surface area contributed by atoms with Crippen LogP contribution in [0.25, 0.3) is 10.8 Å². The Hall–Kier alpha value is -2.17. The SMILES string of the molecule is CN(C)C(=O)CNc1nncc2ccccc12. The lowest BCUT2D eigenvalue weighted by molar-refractivity contribution is -0.126. The molecular formula is C12H14N4O. The van der Waals surface area contributed by atoms with Crippen molar-refractivity contribution in [1.29, 1.82) is 0 Å². The zero-order valence-corrected chi connectivity index (χ0v) is 9.84. The predicted octanol–water partition coefficient (Wildman–Crippen LogP) is 1.13. The van der Waals surface area contributed by atoms with Gasteiger partial charge in [0.1, 0.15) is 0 Å². The first-order valence-corrected chi connectivity index (χ1v) is 5.33. The van der Waals surface area contributed by atoms with Gasteiger partial charge in [0.25, 0.3) is 0 Å². The number of carbonyl (C=O) groups excluding carboxylic acids is 1. The topological polar surface area (TPSA) is 58.1 Å². The Balaban J connectivity index is 2.21. The van der Waals surface area contributed by atoms with Gasteiger partial charge < -0.3 is 10.2 Å². The summed E-state index contributed by atoms with van der Waals surface area (Å²) in [4.78, 5) is 13.0. The summed E-state index contributed by atoms with van der Waals surface area (Å²) in [5.74, 6) is 0.637. The molecule has 2 aromatic rings. The average Bonchev–Trinajstić information content (AvgIpc) is 2.35. The van der Waals surface area contributed by atoms with E-state index in [-0.39, 0.29) is 12.5 Å². The molecule has 1 N–H and O–H groups in total. The van der Waals surface area contributed by atoms with Crippen LogP contribution in [0.5, 0.6) is 0 Å². The van der Waals surface area contributed by atoms with Gasteiger partial charge in [0.15, 0.2) is 5.82 Å². The summed E-state index contributed by atoms with van der Waals surface area (Å²) in [6.07, 6.45) is 1.70. The van der Waals surface area contributed by atoms with E-state index in [0.717, 1.165) is 10.8 Å². The zero-order chi connectivity index (χ0) is 12.3. The molecule has 0 saturated heterocycles. The summed E-state index contributed by atoms with van der Waals surface area (Å²) < 4.78 is 0. The molecule has 1 amide bonds. The maximum atomic E-state index is 11.5. The Bertz CT molecular complexity index is 534. The molecule has 17 heavy (non-hydrogen) atoms. The van der Waals surface area contributed by atoms with E-state index in [1.54, 1.807) is 20.3 Å². The Labute approximate surface area is 99.5 Å². The molecule has 0 bridgehead atoms. The first kappa shape index (κ1) is 11.3. The van der Waals surface area contributed by atoms with Crippen LogP contribution in [0.15, 0.2) is 30.5 Å². The highest BCUT2D eigenvalue weighted by Crippen LogP contribution is 2.18. The quantitative estimate of drug-likeness (QED) is 0.858. The van der Waals surface area contributed by atoms with E-state index in [0.29, 0.717) is 5.82 Å². The maximum Gasteiger partial charge on any atom is 0.241 e. The number of carbonyl (C=O) groups is 1. The molecule has 0 aliphatic carbocycles. The van der Waals surface area contributed by atoms with Gasteiger partial charge >= 0.3 is 0 Å². The zero-order valence-electron chi connectivity index (χ0n) is 9.84. The van der Waals surface area contributed by atoms with E-state index >= 15 is 0 Å². The molecule has 1 heterocycles. The van der Waals surface area contributed by atoms with Crippen molar-refractivity contribution in [2.75, 3.05) is 26.0 Å². The summed E-state index contributed by atoms with van der Waals surface area (Å²) in [6.45, 7) is 0.218. The van der Waals surface area contributed by atoms with Gasteiger partial charge in [-0.25, -0.2) is 0 Å². The van der Waals surface area contributed by atoms with E-state index in [2.05, 4.69) is 15.5 Å². The number of benzene rings is 1. The van der Waals surface area contributed by atoms with Gasteiger partial charge in [0.05, 0.1) is 12.7 Å². The van der Waals surface area contributed by atoms with E-state index in [9.17, 15) is 4.79 Å². The Morgan fingerprint density at radius 2 is 2.12 bits per heavy atom. The molecule has 1 aromatic carbocycles. The minimum Gasteiger partial charge on any atom is -0.359 e. The van der Waals surface area contributed by atoms with Crippen molar-refractivity contribution >= 4 is 22.5 Å². The fourth-order valence-electron chi connectivity index (χ4n) is 1.48. The fourth-order valence-corrected chi connectivity index (χ4v) is 1.48. The number of nitrogens with one attached hydrogen (secondary N) is 1. The van der Waals surface area contributed by atoms with E-state index in [4.69, 9.17) is 0 Å². The van der Waals surface area contributed by atoms with Crippen LogP contribution in [0.2, 0.25) is 0 Å². The summed E-state index contributed by atoms with van der Waals surface area (Å²) >= 11 is 0. The van der Waals surface area contributed by atoms with Gasteiger partial charge in [-0.15, -0.1) is 5.10 Å². The average molecular weight is 230 g/mol. The lowest BCUT2D eigenvalue weighted by Crippen LogP contribution is -2.28. The molecule has 0 unspecified atom stereocenters. The van der Waals surface area contributed by atoms with Gasteiger partial charge in [0.2, 0.25) is 5.91 Å². The van der Waals surface area contributed by atoms with Crippen LogP contribution in [0, 0.1) is 0 Å². The Morgan fingerprint density at radius 1 is 1.35 bits per heavy atom. The monoisotopic (exact) mass is 230 g/mol. The molecular weight excluding hydrogens is 216 g/mol. The standard InChI is InChI=1S/C12H14N4O/c1-16(2)11(17)8-13-12-10-6-4-3-5-9(10)7-14-15-12/h3-7H,8H2,1-2H3,(H,13,15). The third-order valence-electron chi connectivity index (χ3n) is 2.48. The second kappa shape index (κ2) is 4.78. The number of aromatic nitrogens is 2. The summed E-state index contributed by atoms with van der Waals surface area (Å²) in [5, 5.41) is 12.9. The van der Waals surface area contributed by atoms with Crippen LogP contribution >= 0.6 is 0 Å². The van der Waals surface area contributed by atoms with Gasteiger partial charge in [-0.3, -0.25) is 4.79 Å². The second-order valence-corrected chi connectivity index (χ2v) is 3.92. The number of amides is 1. The third kappa shape index (κ3) is 2.50. The minimum absolute atomic E-state index is 0.000246. The van der Waals surface area contributed by atoms with Gasteiger partial charge in [-0.2, -0.15) is 5.10 Å². The number of hydrogen-bond donors (Lipinski definition) is 1. The molecule has 0 spiro atoms. The highest BCUT2D eigenvalue weighted by molar-refractivity contribution is 5.92. The van der Waals surface area contributed by atoms with Crippen LogP contribution in [0.4, 0.5) is 5.82 Å². The van der Waals surface area contributed by atoms with Crippen LogP contribution in [0.3, 0.4) is 0 Å². The number of hydrogen-bond acceptors (Lipinski definition) is 4. The molecule has 1 aromatic heterocycles. The van der Waals surface area contributed by atoms with E-state index in [1.165, 1.54) is 4.90 Å². The number of rotatable bonds is 3. The van der Waals surface area contributed by atoms with Crippen molar-refractivity contribution in [3.05, 3.63) is 30.5 Å². The van der Waals surface area contributed by atoms with Crippen LogP contribution < -0.4 is 5.32 Å². The van der Waals surface area contributed by atoms with Crippen molar-refractivity contribution in [3.63, 3.8) is 0 Å². The summed E-state index contributed by atoms with van der Waals surface area (Å²) in [6, 6.07) is 7.79. The second-order valence-electron chi connectivity index (χ2n) is 3.92. The van der Waals surface area contributed by atoms with Crippen molar-refractivity contribution < 1.29 is 4.79 Å². The number of anilines is 1. The van der Waals surface area contributed by atoms with Gasteiger partial charge in [-0.05, 0) is 0 Å². The maximum absolute atomic E-state index is 11.5. The van der Waals surface area contributed by atoms with Crippen LogP contribution in [-0.2, 0) is 4.79 Å². The highest BCUT2D eigenvalue weighted by atomic mass is 16.2. The number of likely N-dealkylation sites (N-methyl/N-ethyl adjacent to an activating group) is 1. The van der Waals surface area contributed by atoms with Gasteiger partial charge in [-0.1, -0.05) is 24.3 Å². The molecule has 5 nitrogen and oxygen atoms in total. The number of fused-ring (bicyclic) bond motifs is 1. The van der Waals surface area contributed by atoms with Crippen molar-refractivity contribution in [2.24, 2.45) is 0 Å². The van der Waals surface area contributed by atoms with Crippen molar-refractivity contribution in [2.45, 2.75) is 0 Å². The normalized spacial score (nSPS) is 10.2. The van der Waals surface area contributed by atoms with Crippen molar-refractivity contribution in [1.82, 2.24) is 15.1 Å². The lowest BCUT2D eigenvalue weighted by Gasteiger charge is -2.11. The first-order chi connectivity index (χ1) is 8.18. The summed E-state index contributed by atoms with van der Waals surface area (Å²) in [5.41, 5.74) is 0. The van der Waals surface area contributed by atoms with E-state index < -0.39 is 0 Å². The Kier molecular flexibility index (Phi) is 3.18. The predicted molar refractivity (Wildman–Crippen MR) is 66.7 cm³/mol.